The molecule has 0 aliphatic rings. The first-order valence-electron chi connectivity index (χ1n) is 11.1. The fraction of sp³-hybridized carbons (Fsp3) is 0.148. The highest BCUT2D eigenvalue weighted by atomic mass is 35.5. The third-order valence-corrected chi connectivity index (χ3v) is 6.50. The van der Waals surface area contributed by atoms with E-state index in [1.165, 1.54) is 25.1 Å². The molecule has 198 valence electrons. The largest absolute Gasteiger partial charge is 0.506 e. The van der Waals surface area contributed by atoms with Crippen molar-refractivity contribution in [3.8, 4) is 5.75 Å². The number of carboxylic acid groups (broad SMARTS) is 1. The van der Waals surface area contributed by atoms with E-state index in [9.17, 15) is 14.7 Å². The van der Waals surface area contributed by atoms with Gasteiger partial charge in [0.15, 0.2) is 5.78 Å². The third kappa shape index (κ3) is 7.96. The number of imidazole rings is 1. The van der Waals surface area contributed by atoms with Crippen LogP contribution in [-0.4, -0.2) is 31.5 Å². The number of carboxylic acids is 1. The van der Waals surface area contributed by atoms with E-state index in [0.29, 0.717) is 33.2 Å². The van der Waals surface area contributed by atoms with Crippen molar-refractivity contribution in [2.75, 3.05) is 0 Å². The zero-order valence-corrected chi connectivity index (χ0v) is 23.0. The van der Waals surface area contributed by atoms with Crippen LogP contribution in [0.2, 0.25) is 20.1 Å². The fourth-order valence-corrected chi connectivity index (χ4v) is 4.41. The smallest absolute Gasteiger partial charge is 0.339 e. The Morgan fingerprint density at radius 1 is 0.974 bits per heavy atom. The van der Waals surface area contributed by atoms with Crippen molar-refractivity contribution >= 4 is 58.2 Å². The summed E-state index contributed by atoms with van der Waals surface area (Å²) >= 11 is 24.5. The molecule has 1 unspecified atom stereocenters. The van der Waals surface area contributed by atoms with Crippen LogP contribution in [0.3, 0.4) is 0 Å². The Labute approximate surface area is 239 Å². The first-order chi connectivity index (χ1) is 18.1. The number of benzene rings is 3. The second kappa shape index (κ2) is 13.6. The van der Waals surface area contributed by atoms with Crippen LogP contribution in [0.4, 0.5) is 0 Å². The van der Waals surface area contributed by atoms with Gasteiger partial charge in [-0.05, 0) is 48.9 Å². The molecular formula is C27H22Cl4N2O5. The summed E-state index contributed by atoms with van der Waals surface area (Å²) in [6.07, 6.45) is 5.03. The lowest BCUT2D eigenvalue weighted by molar-refractivity contribution is 0.0281. The Hall–Kier alpha value is -3.07. The Morgan fingerprint density at radius 3 is 2.21 bits per heavy atom. The summed E-state index contributed by atoms with van der Waals surface area (Å²) in [7, 11) is 0. The topological polar surface area (TPSA) is 102 Å². The second-order valence-corrected chi connectivity index (χ2v) is 9.71. The molecule has 0 aliphatic carbocycles. The van der Waals surface area contributed by atoms with Crippen molar-refractivity contribution in [2.24, 2.45) is 0 Å². The lowest BCUT2D eigenvalue weighted by Gasteiger charge is -2.21. The highest BCUT2D eigenvalue weighted by Crippen LogP contribution is 2.31. The normalized spacial score (nSPS) is 11.4. The highest BCUT2D eigenvalue weighted by Gasteiger charge is 2.18. The Morgan fingerprint density at radius 2 is 1.63 bits per heavy atom. The standard InChI is InChI=1S/C18H14Cl4N2O.C9H8O4/c19-13-2-1-12(16(21)7-13)10-25-18(9-24-6-5-23-11-24)15-4-3-14(20)8-17(15)22;1-5(10)6-3-2-4-7(8(6)11)9(12)13/h1-8,11,18H,9-10H2;2-4,11H,1H3,(H,12,13). The van der Waals surface area contributed by atoms with Gasteiger partial charge in [-0.2, -0.15) is 0 Å². The summed E-state index contributed by atoms with van der Waals surface area (Å²) in [4.78, 5) is 25.5. The number of halogens is 4. The Bertz CT molecular complexity index is 1390. The van der Waals surface area contributed by atoms with Crippen LogP contribution in [0.15, 0.2) is 73.3 Å². The number of hydrogen-bond acceptors (Lipinski definition) is 5. The predicted octanol–water partition coefficient (Wildman–Crippen LogP) is 7.75. The van der Waals surface area contributed by atoms with E-state index in [0.717, 1.165) is 11.1 Å². The molecule has 1 atom stereocenters. The van der Waals surface area contributed by atoms with Crippen molar-refractivity contribution in [3.63, 3.8) is 0 Å². The minimum Gasteiger partial charge on any atom is -0.506 e. The lowest BCUT2D eigenvalue weighted by atomic mass is 10.1. The van der Waals surface area contributed by atoms with Gasteiger partial charge >= 0.3 is 5.97 Å². The number of carbonyl (C=O) groups is 2. The predicted molar refractivity (Wildman–Crippen MR) is 148 cm³/mol. The van der Waals surface area contributed by atoms with Crippen molar-refractivity contribution in [2.45, 2.75) is 26.2 Å². The Balaban J connectivity index is 0.000000260. The van der Waals surface area contributed by atoms with Crippen LogP contribution >= 0.6 is 46.4 Å². The van der Waals surface area contributed by atoms with Gasteiger partial charge in [0.25, 0.3) is 0 Å². The second-order valence-electron chi connectivity index (χ2n) is 8.02. The van der Waals surface area contributed by atoms with Gasteiger partial charge < -0.3 is 19.5 Å². The van der Waals surface area contributed by atoms with Gasteiger partial charge in [-0.3, -0.25) is 4.79 Å². The van der Waals surface area contributed by atoms with Crippen LogP contribution < -0.4 is 0 Å². The van der Waals surface area contributed by atoms with Crippen LogP contribution in [0.1, 0.15) is 44.9 Å². The summed E-state index contributed by atoms with van der Waals surface area (Å²) in [6, 6.07) is 14.7. The lowest BCUT2D eigenvalue weighted by Crippen LogP contribution is -2.12. The number of para-hydroxylation sites is 1. The molecule has 1 heterocycles. The van der Waals surface area contributed by atoms with Crippen LogP contribution in [0, 0.1) is 0 Å². The fourth-order valence-electron chi connectivity index (χ4n) is 3.42. The summed E-state index contributed by atoms with van der Waals surface area (Å²) in [5.41, 5.74) is 1.48. The third-order valence-electron chi connectivity index (χ3n) is 5.35. The quantitative estimate of drug-likeness (QED) is 0.202. The number of carbonyl (C=O) groups excluding carboxylic acids is 1. The maximum absolute atomic E-state index is 10.9. The van der Waals surface area contributed by atoms with Gasteiger partial charge in [0, 0.05) is 38.0 Å². The molecule has 38 heavy (non-hydrogen) atoms. The average Bonchev–Trinajstić information content (AvgIpc) is 3.36. The molecule has 0 bridgehead atoms. The molecule has 3 aromatic carbocycles. The molecule has 2 N–H and O–H groups in total. The molecule has 0 radical (unpaired) electrons. The minimum atomic E-state index is -1.25. The number of aromatic nitrogens is 2. The monoisotopic (exact) mass is 594 g/mol. The number of rotatable bonds is 8. The first-order valence-corrected chi connectivity index (χ1v) is 12.6. The molecule has 0 amide bonds. The molecule has 7 nitrogen and oxygen atoms in total. The maximum Gasteiger partial charge on any atom is 0.339 e. The van der Waals surface area contributed by atoms with Gasteiger partial charge in [0.05, 0.1) is 25.0 Å². The van der Waals surface area contributed by atoms with E-state index < -0.39 is 11.7 Å². The first kappa shape index (κ1) is 29.5. The molecule has 4 aromatic rings. The van der Waals surface area contributed by atoms with Crippen molar-refractivity contribution in [1.29, 1.82) is 0 Å². The van der Waals surface area contributed by atoms with Crippen LogP contribution in [0.25, 0.3) is 0 Å². The van der Waals surface area contributed by atoms with E-state index in [4.69, 9.17) is 56.2 Å². The summed E-state index contributed by atoms with van der Waals surface area (Å²) in [6.45, 7) is 2.15. The van der Waals surface area contributed by atoms with Gasteiger partial charge in [0.2, 0.25) is 0 Å². The average molecular weight is 596 g/mol. The molecule has 0 aliphatic heterocycles. The molecule has 0 spiro atoms. The van der Waals surface area contributed by atoms with E-state index in [2.05, 4.69) is 4.98 Å². The number of Topliss-reactive ketones (excluding diaryl/α,β-unsaturated/α-hetero) is 1. The zero-order valence-electron chi connectivity index (χ0n) is 19.9. The Kier molecular flexibility index (Phi) is 10.6. The van der Waals surface area contributed by atoms with Crippen molar-refractivity contribution in [3.05, 3.63) is 116 Å². The molecule has 1 aromatic heterocycles. The van der Waals surface area contributed by atoms with Crippen molar-refractivity contribution in [1.82, 2.24) is 9.55 Å². The van der Waals surface area contributed by atoms with Crippen molar-refractivity contribution < 1.29 is 24.5 Å². The van der Waals surface area contributed by atoms with Crippen LogP contribution in [-0.2, 0) is 17.9 Å². The van der Waals surface area contributed by atoms with E-state index in [1.807, 2.05) is 22.9 Å². The van der Waals surface area contributed by atoms with Gasteiger partial charge in [-0.25, -0.2) is 9.78 Å². The number of nitrogens with zero attached hydrogens (tertiary/aromatic N) is 2. The van der Waals surface area contributed by atoms with Gasteiger partial charge in [-0.15, -0.1) is 0 Å². The zero-order chi connectivity index (χ0) is 27.8. The number of aromatic hydroxyl groups is 1. The number of ketones is 1. The molecule has 11 heteroatoms. The summed E-state index contributed by atoms with van der Waals surface area (Å²) < 4.78 is 8.05. The number of phenols is 1. The van der Waals surface area contributed by atoms with Crippen LogP contribution in [0.5, 0.6) is 5.75 Å². The molecule has 4 rings (SSSR count). The molecule has 0 saturated heterocycles. The van der Waals surface area contributed by atoms with E-state index >= 15 is 0 Å². The number of hydrogen-bond donors (Lipinski definition) is 2. The minimum absolute atomic E-state index is 0.0277. The number of ether oxygens (including phenoxy) is 1. The van der Waals surface area contributed by atoms with E-state index in [1.54, 1.807) is 36.8 Å². The SMILES string of the molecule is CC(=O)c1cccc(C(=O)O)c1O.Clc1ccc(COC(Cn2ccnc2)c2ccc(Cl)cc2Cl)c(Cl)c1. The molecular weight excluding hydrogens is 574 g/mol. The van der Waals surface area contributed by atoms with E-state index in [-0.39, 0.29) is 23.0 Å². The highest BCUT2D eigenvalue weighted by molar-refractivity contribution is 6.35. The summed E-state index contributed by atoms with van der Waals surface area (Å²) in [5.74, 6) is -2.08. The maximum atomic E-state index is 10.9. The van der Waals surface area contributed by atoms with Gasteiger partial charge in [-0.1, -0.05) is 64.6 Å². The molecule has 0 saturated carbocycles. The number of aromatic carboxylic acids is 1. The molecule has 0 fully saturated rings. The van der Waals surface area contributed by atoms with Gasteiger partial charge in [0.1, 0.15) is 17.4 Å². The summed E-state index contributed by atoms with van der Waals surface area (Å²) in [5, 5.41) is 20.2.